The number of halogens is 1. The summed E-state index contributed by atoms with van der Waals surface area (Å²) in [4.78, 5) is 38.6. The Morgan fingerprint density at radius 3 is 2.37 bits per heavy atom. The van der Waals surface area contributed by atoms with Gasteiger partial charge in [0.1, 0.15) is 6.04 Å². The minimum Gasteiger partial charge on any atom is -0.467 e. The normalized spacial score (nSPS) is 17.5. The lowest BCUT2D eigenvalue weighted by Crippen LogP contribution is -2.57. The molecule has 0 spiro atoms. The number of methoxy groups -OCH3 is 1. The van der Waals surface area contributed by atoms with Crippen LogP contribution in [-0.4, -0.2) is 41.8 Å². The Balaban J connectivity index is 2.04. The van der Waals surface area contributed by atoms with Gasteiger partial charge in [0, 0.05) is 24.4 Å². The van der Waals surface area contributed by atoms with Crippen LogP contribution in [0.15, 0.2) is 24.3 Å². The highest BCUT2D eigenvalue weighted by Gasteiger charge is 2.44. The molecule has 1 aromatic rings. The first-order valence-electron chi connectivity index (χ1n) is 10.2. The summed E-state index contributed by atoms with van der Waals surface area (Å²) in [5.41, 5.74) is -0.587. The summed E-state index contributed by atoms with van der Waals surface area (Å²) < 4.78 is 4.76. The SMILES string of the molecule is CCC(=O)N[C@H](Cc1ccc(NC(=O)[C@](O)(NCl)C2CCCCC2)cc1)C(=O)OC. The van der Waals surface area contributed by atoms with Gasteiger partial charge in [0.25, 0.3) is 5.91 Å². The largest absolute Gasteiger partial charge is 0.467 e. The Bertz CT molecular complexity index is 737. The average Bonchev–Trinajstić information content (AvgIpc) is 2.79. The smallest absolute Gasteiger partial charge is 0.328 e. The molecule has 0 aromatic heterocycles. The fraction of sp³-hybridized carbons (Fsp3) is 0.571. The Morgan fingerprint density at radius 1 is 1.20 bits per heavy atom. The van der Waals surface area contributed by atoms with E-state index in [1.165, 1.54) is 7.11 Å². The Kier molecular flexibility index (Phi) is 9.08. The standard InChI is InChI=1S/C21H30ClN3O5/c1-3-18(26)24-17(19(27)30-2)13-14-9-11-16(12-10-14)23-20(28)21(29,25-22)15-7-5-4-6-8-15/h9-12,15,17,25,29H,3-8,13H2,1-2H3,(H,23,28)(H,24,26)/t17-,21+/m1/s1. The molecule has 1 aliphatic rings. The molecule has 166 valence electrons. The molecule has 1 aromatic carbocycles. The Hall–Kier alpha value is -2.16. The van der Waals surface area contributed by atoms with Gasteiger partial charge < -0.3 is 20.5 Å². The van der Waals surface area contributed by atoms with Crippen LogP contribution in [-0.2, 0) is 25.5 Å². The number of anilines is 1. The van der Waals surface area contributed by atoms with Gasteiger partial charge in [-0.3, -0.25) is 9.59 Å². The van der Waals surface area contributed by atoms with Crippen LogP contribution in [0.2, 0.25) is 0 Å². The highest BCUT2D eigenvalue weighted by molar-refractivity contribution is 6.16. The van der Waals surface area contributed by atoms with E-state index in [-0.39, 0.29) is 24.7 Å². The maximum Gasteiger partial charge on any atom is 0.328 e. The first-order chi connectivity index (χ1) is 14.3. The number of carbonyl (C=O) groups is 3. The lowest BCUT2D eigenvalue weighted by Gasteiger charge is -2.35. The van der Waals surface area contributed by atoms with Crippen LogP contribution in [0.1, 0.15) is 51.0 Å². The van der Waals surface area contributed by atoms with Gasteiger partial charge in [-0.05, 0) is 42.3 Å². The van der Waals surface area contributed by atoms with Gasteiger partial charge in [0.15, 0.2) is 0 Å². The van der Waals surface area contributed by atoms with Crippen LogP contribution in [0.3, 0.4) is 0 Å². The maximum atomic E-state index is 12.7. The Labute approximate surface area is 181 Å². The number of ether oxygens (including phenoxy) is 1. The van der Waals surface area contributed by atoms with Gasteiger partial charge in [-0.1, -0.05) is 38.3 Å². The van der Waals surface area contributed by atoms with Crippen molar-refractivity contribution < 1.29 is 24.2 Å². The van der Waals surface area contributed by atoms with E-state index in [1.54, 1.807) is 31.2 Å². The molecule has 0 bridgehead atoms. The van der Waals surface area contributed by atoms with Crippen molar-refractivity contribution in [2.45, 2.75) is 63.6 Å². The van der Waals surface area contributed by atoms with Crippen molar-refractivity contribution in [2.75, 3.05) is 12.4 Å². The molecule has 4 N–H and O–H groups in total. The van der Waals surface area contributed by atoms with E-state index in [4.69, 9.17) is 16.5 Å². The maximum absolute atomic E-state index is 12.7. The molecule has 2 amide bonds. The fourth-order valence-corrected chi connectivity index (χ4v) is 3.88. The third-order valence-electron chi connectivity index (χ3n) is 5.48. The van der Waals surface area contributed by atoms with Gasteiger partial charge >= 0.3 is 5.97 Å². The minimum atomic E-state index is -1.85. The summed E-state index contributed by atoms with van der Waals surface area (Å²) in [5, 5.41) is 16.1. The summed E-state index contributed by atoms with van der Waals surface area (Å²) in [6, 6.07) is 6.01. The van der Waals surface area contributed by atoms with Crippen LogP contribution in [0.25, 0.3) is 0 Å². The lowest BCUT2D eigenvalue weighted by atomic mass is 9.81. The number of nitrogens with one attached hydrogen (secondary N) is 3. The number of amides is 2. The van der Waals surface area contributed by atoms with E-state index >= 15 is 0 Å². The second kappa shape index (κ2) is 11.3. The van der Waals surface area contributed by atoms with Crippen molar-refractivity contribution in [3.63, 3.8) is 0 Å². The minimum absolute atomic E-state index is 0.246. The van der Waals surface area contributed by atoms with Crippen molar-refractivity contribution in [1.82, 2.24) is 10.2 Å². The monoisotopic (exact) mass is 439 g/mol. The van der Waals surface area contributed by atoms with Crippen molar-refractivity contribution in [2.24, 2.45) is 5.92 Å². The zero-order valence-corrected chi connectivity index (χ0v) is 18.1. The van der Waals surface area contributed by atoms with E-state index in [0.29, 0.717) is 5.69 Å². The molecule has 1 saturated carbocycles. The fourth-order valence-electron chi connectivity index (χ4n) is 3.64. The van der Waals surface area contributed by atoms with Crippen molar-refractivity contribution in [3.8, 4) is 0 Å². The number of hydrogen-bond acceptors (Lipinski definition) is 6. The second-order valence-electron chi connectivity index (χ2n) is 7.55. The molecule has 2 rings (SSSR count). The van der Waals surface area contributed by atoms with E-state index < -0.39 is 23.6 Å². The topological polar surface area (TPSA) is 117 Å². The van der Waals surface area contributed by atoms with Crippen LogP contribution >= 0.6 is 11.8 Å². The van der Waals surface area contributed by atoms with E-state index in [2.05, 4.69) is 15.5 Å². The number of rotatable bonds is 9. The molecular formula is C21H30ClN3O5. The zero-order chi connectivity index (χ0) is 22.1. The number of esters is 1. The van der Waals surface area contributed by atoms with Crippen molar-refractivity contribution in [3.05, 3.63) is 29.8 Å². The molecule has 0 unspecified atom stereocenters. The number of aliphatic hydroxyl groups is 1. The predicted molar refractivity (Wildman–Crippen MR) is 114 cm³/mol. The first-order valence-corrected chi connectivity index (χ1v) is 10.6. The summed E-state index contributed by atoms with van der Waals surface area (Å²) in [5.74, 6) is -1.64. The zero-order valence-electron chi connectivity index (χ0n) is 17.4. The van der Waals surface area contributed by atoms with E-state index in [9.17, 15) is 19.5 Å². The van der Waals surface area contributed by atoms with Crippen LogP contribution in [0, 0.1) is 5.92 Å². The summed E-state index contributed by atoms with van der Waals surface area (Å²) in [6.45, 7) is 1.70. The molecule has 0 aliphatic heterocycles. The van der Waals surface area contributed by atoms with Gasteiger partial charge in [0.05, 0.1) is 7.11 Å². The summed E-state index contributed by atoms with van der Waals surface area (Å²) in [6.07, 6.45) is 4.94. The summed E-state index contributed by atoms with van der Waals surface area (Å²) >= 11 is 5.74. The van der Waals surface area contributed by atoms with E-state index in [0.717, 1.165) is 37.7 Å². The third-order valence-corrected chi connectivity index (χ3v) is 5.77. The number of benzene rings is 1. The molecule has 0 heterocycles. The molecule has 2 atom stereocenters. The van der Waals surface area contributed by atoms with Gasteiger partial charge in [-0.2, -0.15) is 4.84 Å². The van der Waals surface area contributed by atoms with Crippen LogP contribution < -0.4 is 15.5 Å². The first kappa shape index (κ1) is 24.1. The number of hydrogen-bond donors (Lipinski definition) is 4. The molecule has 1 aliphatic carbocycles. The van der Waals surface area contributed by atoms with Gasteiger partial charge in [0.2, 0.25) is 11.6 Å². The van der Waals surface area contributed by atoms with Crippen molar-refractivity contribution in [1.29, 1.82) is 0 Å². The van der Waals surface area contributed by atoms with Gasteiger partial charge in [-0.25, -0.2) is 4.79 Å². The van der Waals surface area contributed by atoms with Gasteiger partial charge in [-0.15, -0.1) is 0 Å². The molecule has 8 nitrogen and oxygen atoms in total. The van der Waals surface area contributed by atoms with E-state index in [1.807, 2.05) is 0 Å². The van der Waals surface area contributed by atoms with Crippen LogP contribution in [0.4, 0.5) is 5.69 Å². The van der Waals surface area contributed by atoms with Crippen LogP contribution in [0.5, 0.6) is 0 Å². The Morgan fingerprint density at radius 2 is 1.83 bits per heavy atom. The molecular weight excluding hydrogens is 410 g/mol. The van der Waals surface area contributed by atoms with Crippen molar-refractivity contribution >= 4 is 35.2 Å². The molecule has 30 heavy (non-hydrogen) atoms. The molecule has 9 heteroatoms. The molecule has 0 radical (unpaired) electrons. The summed E-state index contributed by atoms with van der Waals surface area (Å²) in [7, 11) is 1.27. The molecule has 0 saturated heterocycles. The highest BCUT2D eigenvalue weighted by atomic mass is 35.5. The average molecular weight is 440 g/mol. The quantitative estimate of drug-likeness (QED) is 0.266. The second-order valence-corrected chi connectivity index (χ2v) is 7.74. The highest BCUT2D eigenvalue weighted by Crippen LogP contribution is 2.32. The number of carbonyl (C=O) groups excluding carboxylic acids is 3. The third kappa shape index (κ3) is 6.17. The molecule has 1 fully saturated rings. The predicted octanol–water partition coefficient (Wildman–Crippen LogP) is 2.25. The lowest BCUT2D eigenvalue weighted by molar-refractivity contribution is -0.145.